The van der Waals surface area contributed by atoms with Gasteiger partial charge in [0.2, 0.25) is 0 Å². The molecule has 1 aromatic heterocycles. The summed E-state index contributed by atoms with van der Waals surface area (Å²) in [6, 6.07) is 10.3. The van der Waals surface area contributed by atoms with Crippen molar-refractivity contribution in [2.75, 3.05) is 24.6 Å². The summed E-state index contributed by atoms with van der Waals surface area (Å²) in [7, 11) is 0. The fourth-order valence-corrected chi connectivity index (χ4v) is 4.08. The van der Waals surface area contributed by atoms with Crippen LogP contribution in [0.25, 0.3) is 0 Å². The highest BCUT2D eigenvalue weighted by atomic mass is 35.5. The van der Waals surface area contributed by atoms with Crippen molar-refractivity contribution in [2.45, 2.75) is 18.7 Å². The molecule has 2 atom stereocenters. The summed E-state index contributed by atoms with van der Waals surface area (Å²) in [6.07, 6.45) is 3.20. The molecular formula is C16H20ClN3OS. The Bertz CT molecular complexity index is 576. The second kappa shape index (κ2) is 7.51. The van der Waals surface area contributed by atoms with Crippen LogP contribution in [0.2, 0.25) is 5.02 Å². The molecule has 3 rings (SSSR count). The molecule has 1 aromatic carbocycles. The zero-order valence-corrected chi connectivity index (χ0v) is 13.9. The third-order valence-electron chi connectivity index (χ3n) is 3.90. The molecule has 6 heteroatoms. The third kappa shape index (κ3) is 4.04. The average molecular weight is 338 g/mol. The highest BCUT2D eigenvalue weighted by Crippen LogP contribution is 2.30. The normalized spacial score (nSPS) is 20.9. The minimum absolute atomic E-state index is 0.336. The predicted molar refractivity (Wildman–Crippen MR) is 91.3 cm³/mol. The maximum atomic E-state index is 10.4. The van der Waals surface area contributed by atoms with E-state index < -0.39 is 6.10 Å². The van der Waals surface area contributed by atoms with Gasteiger partial charge in [-0.3, -0.25) is 9.58 Å². The van der Waals surface area contributed by atoms with Crippen molar-refractivity contribution in [1.29, 1.82) is 0 Å². The number of benzene rings is 1. The topological polar surface area (TPSA) is 41.3 Å². The maximum absolute atomic E-state index is 10.4. The number of aliphatic hydroxyl groups excluding tert-OH is 1. The summed E-state index contributed by atoms with van der Waals surface area (Å²) in [5, 5.41) is 15.3. The van der Waals surface area contributed by atoms with Crippen LogP contribution in [0.1, 0.15) is 11.6 Å². The van der Waals surface area contributed by atoms with Gasteiger partial charge in [-0.2, -0.15) is 16.9 Å². The van der Waals surface area contributed by atoms with E-state index in [4.69, 9.17) is 11.6 Å². The van der Waals surface area contributed by atoms with Crippen molar-refractivity contribution >= 4 is 23.4 Å². The van der Waals surface area contributed by atoms with Gasteiger partial charge in [0.25, 0.3) is 0 Å². The minimum Gasteiger partial charge on any atom is -0.390 e. The Morgan fingerprint density at radius 3 is 2.86 bits per heavy atom. The van der Waals surface area contributed by atoms with Gasteiger partial charge < -0.3 is 5.11 Å². The molecule has 0 aliphatic carbocycles. The molecule has 0 radical (unpaired) electrons. The largest absolute Gasteiger partial charge is 0.390 e. The molecule has 1 saturated heterocycles. The molecule has 1 aliphatic heterocycles. The van der Waals surface area contributed by atoms with Gasteiger partial charge in [-0.15, -0.1) is 0 Å². The van der Waals surface area contributed by atoms with Gasteiger partial charge >= 0.3 is 0 Å². The lowest BCUT2D eigenvalue weighted by molar-refractivity contribution is 0.0793. The van der Waals surface area contributed by atoms with Gasteiger partial charge in [0.1, 0.15) is 0 Å². The highest BCUT2D eigenvalue weighted by molar-refractivity contribution is 7.99. The lowest BCUT2D eigenvalue weighted by Crippen LogP contribution is -2.42. The van der Waals surface area contributed by atoms with Crippen LogP contribution in [0.3, 0.4) is 0 Å². The van der Waals surface area contributed by atoms with Gasteiger partial charge in [0.05, 0.1) is 12.6 Å². The average Bonchev–Trinajstić information content (AvgIpc) is 3.01. The number of hydrogen-bond acceptors (Lipinski definition) is 4. The number of rotatable bonds is 5. The van der Waals surface area contributed by atoms with E-state index in [1.54, 1.807) is 10.9 Å². The van der Waals surface area contributed by atoms with Crippen molar-refractivity contribution in [3.8, 4) is 0 Å². The Labute approximate surface area is 140 Å². The Morgan fingerprint density at radius 2 is 2.14 bits per heavy atom. The number of aliphatic hydroxyl groups is 1. The first-order valence-corrected chi connectivity index (χ1v) is 8.98. The first-order valence-electron chi connectivity index (χ1n) is 7.45. The van der Waals surface area contributed by atoms with Crippen LogP contribution in [0.15, 0.2) is 42.7 Å². The van der Waals surface area contributed by atoms with Crippen molar-refractivity contribution in [3.05, 3.63) is 53.3 Å². The third-order valence-corrected chi connectivity index (χ3v) is 5.17. The molecule has 0 bridgehead atoms. The standard InChI is InChI=1S/C16H20ClN3OS/c17-14-4-2-13(3-5-14)16-12-22-9-8-19(16)10-15(21)11-20-7-1-6-18-20/h1-7,15-16,21H,8-12H2. The number of aromatic nitrogens is 2. The van der Waals surface area contributed by atoms with E-state index in [1.165, 1.54) is 5.56 Å². The van der Waals surface area contributed by atoms with E-state index in [1.807, 2.05) is 36.2 Å². The van der Waals surface area contributed by atoms with Crippen LogP contribution >= 0.6 is 23.4 Å². The van der Waals surface area contributed by atoms with Crippen LogP contribution in [-0.2, 0) is 6.54 Å². The van der Waals surface area contributed by atoms with Gasteiger partial charge in [-0.1, -0.05) is 23.7 Å². The monoisotopic (exact) mass is 337 g/mol. The lowest BCUT2D eigenvalue weighted by atomic mass is 10.1. The van der Waals surface area contributed by atoms with Gasteiger partial charge in [-0.25, -0.2) is 0 Å². The lowest BCUT2D eigenvalue weighted by Gasteiger charge is -2.36. The van der Waals surface area contributed by atoms with Crippen molar-refractivity contribution in [3.63, 3.8) is 0 Å². The number of thioether (sulfide) groups is 1. The fraction of sp³-hybridized carbons (Fsp3) is 0.438. The summed E-state index contributed by atoms with van der Waals surface area (Å²) in [5.74, 6) is 2.16. The van der Waals surface area contributed by atoms with Crippen LogP contribution in [0.4, 0.5) is 0 Å². The van der Waals surface area contributed by atoms with E-state index in [-0.39, 0.29) is 0 Å². The molecule has 2 unspecified atom stereocenters. The molecule has 2 heterocycles. The molecular weight excluding hydrogens is 318 g/mol. The maximum Gasteiger partial charge on any atom is 0.0862 e. The summed E-state index contributed by atoms with van der Waals surface area (Å²) in [5.41, 5.74) is 1.27. The molecule has 118 valence electrons. The van der Waals surface area contributed by atoms with Crippen LogP contribution in [0.5, 0.6) is 0 Å². The molecule has 1 N–H and O–H groups in total. The summed E-state index contributed by atoms with van der Waals surface area (Å²) in [6.45, 7) is 2.19. The zero-order chi connectivity index (χ0) is 15.4. The van der Waals surface area contributed by atoms with E-state index in [0.717, 1.165) is 23.1 Å². The van der Waals surface area contributed by atoms with E-state index >= 15 is 0 Å². The number of β-amino-alcohol motifs (C(OH)–C–C–N with tert-alkyl or cyclic N) is 1. The second-order valence-corrected chi connectivity index (χ2v) is 7.11. The van der Waals surface area contributed by atoms with Crippen molar-refractivity contribution < 1.29 is 5.11 Å². The van der Waals surface area contributed by atoms with Crippen LogP contribution in [-0.4, -0.2) is 50.5 Å². The minimum atomic E-state index is -0.419. The SMILES string of the molecule is OC(CN1CCSCC1c1ccc(Cl)cc1)Cn1cccn1. The fourth-order valence-electron chi connectivity index (χ4n) is 2.80. The Hall–Kier alpha value is -1.01. The van der Waals surface area contributed by atoms with E-state index in [0.29, 0.717) is 19.1 Å². The molecule has 0 saturated carbocycles. The number of hydrogen-bond donors (Lipinski definition) is 1. The number of halogens is 1. The van der Waals surface area contributed by atoms with Gasteiger partial charge in [0, 0.05) is 48.1 Å². The van der Waals surface area contributed by atoms with Crippen LogP contribution in [0, 0.1) is 0 Å². The molecule has 2 aromatic rings. The smallest absolute Gasteiger partial charge is 0.0862 e. The highest BCUT2D eigenvalue weighted by Gasteiger charge is 2.26. The Balaban J connectivity index is 1.65. The van der Waals surface area contributed by atoms with E-state index in [9.17, 15) is 5.11 Å². The van der Waals surface area contributed by atoms with Gasteiger partial charge in [-0.05, 0) is 23.8 Å². The quantitative estimate of drug-likeness (QED) is 0.910. The Kier molecular flexibility index (Phi) is 5.41. The first kappa shape index (κ1) is 15.9. The predicted octanol–water partition coefficient (Wildman–Crippen LogP) is 2.69. The van der Waals surface area contributed by atoms with Crippen molar-refractivity contribution in [1.82, 2.24) is 14.7 Å². The molecule has 22 heavy (non-hydrogen) atoms. The molecule has 4 nitrogen and oxygen atoms in total. The van der Waals surface area contributed by atoms with Gasteiger partial charge in [0.15, 0.2) is 0 Å². The first-order chi connectivity index (χ1) is 10.7. The van der Waals surface area contributed by atoms with E-state index in [2.05, 4.69) is 22.1 Å². The Morgan fingerprint density at radius 1 is 1.32 bits per heavy atom. The second-order valence-electron chi connectivity index (χ2n) is 5.52. The van der Waals surface area contributed by atoms with Crippen LogP contribution < -0.4 is 0 Å². The summed E-state index contributed by atoms with van der Waals surface area (Å²) in [4.78, 5) is 2.37. The summed E-state index contributed by atoms with van der Waals surface area (Å²) < 4.78 is 1.78. The molecule has 0 amide bonds. The van der Waals surface area contributed by atoms with Crippen molar-refractivity contribution in [2.24, 2.45) is 0 Å². The number of nitrogens with zero attached hydrogens (tertiary/aromatic N) is 3. The molecule has 0 spiro atoms. The zero-order valence-electron chi connectivity index (χ0n) is 12.3. The molecule has 1 aliphatic rings. The summed E-state index contributed by atoms with van der Waals surface area (Å²) >= 11 is 7.95. The molecule has 1 fully saturated rings.